The van der Waals surface area contributed by atoms with Gasteiger partial charge in [-0.25, -0.2) is 0 Å². The number of benzene rings is 2. The first-order chi connectivity index (χ1) is 8.46. The molecule has 0 aliphatic rings. The van der Waals surface area contributed by atoms with Gasteiger partial charge in [0.2, 0.25) is 6.90 Å². The van der Waals surface area contributed by atoms with Crippen LogP contribution in [-0.2, 0) is 0 Å². The second kappa shape index (κ2) is 5.21. The van der Waals surface area contributed by atoms with Crippen molar-refractivity contribution in [3.63, 3.8) is 0 Å². The van der Waals surface area contributed by atoms with Crippen LogP contribution in [0, 0.1) is 0 Å². The molecule has 0 N–H and O–H groups in total. The maximum atomic E-state index is 7.13. The van der Waals surface area contributed by atoms with Crippen LogP contribution < -0.4 is 10.4 Å². The molecule has 4 heteroatoms. The minimum Gasteiger partial charge on any atom is -0.169 e. The van der Waals surface area contributed by atoms with Gasteiger partial charge in [-0.1, -0.05) is 73.8 Å². The van der Waals surface area contributed by atoms with E-state index in [-0.39, 0.29) is 0 Å². The monoisotopic (exact) mass is 310 g/mol. The summed E-state index contributed by atoms with van der Waals surface area (Å²) in [4.78, 5) is 0. The van der Waals surface area contributed by atoms with Crippen LogP contribution in [0.25, 0.3) is 0 Å². The molecule has 94 valence electrons. The normalized spacial score (nSPS) is 12.4. The van der Waals surface area contributed by atoms with Crippen molar-refractivity contribution < 1.29 is 0 Å². The van der Waals surface area contributed by atoms with E-state index < -0.39 is 13.8 Å². The summed E-state index contributed by atoms with van der Waals surface area (Å²) in [5, 5.41) is 2.43. The molecule has 2 rings (SSSR count). The van der Waals surface area contributed by atoms with Gasteiger partial charge < -0.3 is 0 Å². The van der Waals surface area contributed by atoms with Gasteiger partial charge in [-0.15, -0.1) is 0 Å². The van der Waals surface area contributed by atoms with Crippen molar-refractivity contribution in [3.8, 4) is 0 Å². The molecule has 0 nitrogen and oxygen atoms in total. The fourth-order valence-corrected chi connectivity index (χ4v) is 13.0. The van der Waals surface area contributed by atoms with Gasteiger partial charge in [0.05, 0.1) is 0 Å². The second-order valence-corrected chi connectivity index (χ2v) is 22.7. The highest BCUT2D eigenvalue weighted by molar-refractivity contribution is 7.77. The van der Waals surface area contributed by atoms with Gasteiger partial charge in [0.25, 0.3) is 0 Å². The Morgan fingerprint density at radius 3 is 1.28 bits per heavy atom. The molecule has 0 fully saturated rings. The molecule has 0 aliphatic carbocycles. The largest absolute Gasteiger partial charge is 0.223 e. The van der Waals surface area contributed by atoms with Crippen LogP contribution in [0.15, 0.2) is 60.7 Å². The van der Waals surface area contributed by atoms with E-state index >= 15 is 0 Å². The molecule has 0 heterocycles. The van der Waals surface area contributed by atoms with E-state index in [0.29, 0.717) is 0 Å². The molecule has 0 spiro atoms. The van der Waals surface area contributed by atoms with E-state index in [0.717, 1.165) is 0 Å². The van der Waals surface area contributed by atoms with Crippen molar-refractivity contribution in [2.45, 2.75) is 13.1 Å². The topological polar surface area (TPSA) is 0 Å². The van der Waals surface area contributed by atoms with E-state index in [4.69, 9.17) is 22.2 Å². The first kappa shape index (κ1) is 13.9. The molecule has 0 aliphatic heterocycles. The third kappa shape index (κ3) is 2.43. The third-order valence-corrected chi connectivity index (χ3v) is 22.7. The molecular formula is C14H16Cl2Si2. The van der Waals surface area contributed by atoms with Gasteiger partial charge in [0, 0.05) is 0 Å². The highest BCUT2D eigenvalue weighted by Crippen LogP contribution is 2.26. The van der Waals surface area contributed by atoms with Crippen molar-refractivity contribution >= 4 is 46.3 Å². The molecule has 0 unspecified atom stereocenters. The maximum absolute atomic E-state index is 7.13. The number of halogens is 2. The molecule has 0 bridgehead atoms. The van der Waals surface area contributed by atoms with E-state index in [2.05, 4.69) is 37.4 Å². The minimum atomic E-state index is -2.33. The Hall–Kier alpha value is -0.546. The molecule has 0 saturated carbocycles. The van der Waals surface area contributed by atoms with Crippen molar-refractivity contribution in [1.29, 1.82) is 0 Å². The first-order valence-electron chi connectivity index (χ1n) is 5.95. The average molecular weight is 311 g/mol. The van der Waals surface area contributed by atoms with Crippen LogP contribution in [-0.4, -0.2) is 13.8 Å². The van der Waals surface area contributed by atoms with Crippen LogP contribution in [0.2, 0.25) is 13.1 Å². The summed E-state index contributed by atoms with van der Waals surface area (Å²) in [6.07, 6.45) is 0. The van der Waals surface area contributed by atoms with Crippen molar-refractivity contribution in [2.75, 3.05) is 0 Å². The summed E-state index contributed by atoms with van der Waals surface area (Å²) in [6.45, 7) is -0.0494. The van der Waals surface area contributed by atoms with E-state index in [9.17, 15) is 0 Å². The lowest BCUT2D eigenvalue weighted by Gasteiger charge is -2.34. The fourth-order valence-electron chi connectivity index (χ4n) is 2.19. The highest BCUT2D eigenvalue weighted by atomic mass is 35.6. The van der Waals surface area contributed by atoms with Gasteiger partial charge in [-0.05, 0) is 10.4 Å². The number of rotatable bonds is 3. The summed E-state index contributed by atoms with van der Waals surface area (Å²) in [6, 6.07) is 20.7. The zero-order valence-corrected chi connectivity index (χ0v) is 14.0. The summed E-state index contributed by atoms with van der Waals surface area (Å²) in [7, 11) is 0. The molecule has 0 atom stereocenters. The van der Waals surface area contributed by atoms with Crippen molar-refractivity contribution in [2.24, 2.45) is 0 Å². The Bertz CT molecular complexity index is 467. The van der Waals surface area contributed by atoms with Gasteiger partial charge in [0.1, 0.15) is 0 Å². The Morgan fingerprint density at radius 2 is 1.00 bits per heavy atom. The van der Waals surface area contributed by atoms with Crippen molar-refractivity contribution in [1.82, 2.24) is 0 Å². The lowest BCUT2D eigenvalue weighted by atomic mass is 10.4. The lowest BCUT2D eigenvalue weighted by Crippen LogP contribution is -2.68. The molecule has 0 saturated heterocycles. The average Bonchev–Trinajstić information content (AvgIpc) is 2.38. The molecule has 0 aromatic heterocycles. The Labute approximate surface area is 120 Å². The van der Waals surface area contributed by atoms with E-state index in [1.165, 1.54) is 10.4 Å². The molecule has 2 aromatic rings. The third-order valence-electron chi connectivity index (χ3n) is 3.16. The molecule has 2 aromatic carbocycles. The summed E-state index contributed by atoms with van der Waals surface area (Å²) >= 11 is 13.9. The summed E-state index contributed by atoms with van der Waals surface area (Å²) in [5.74, 6) is 0. The van der Waals surface area contributed by atoms with Gasteiger partial charge in [-0.3, -0.25) is 0 Å². The van der Waals surface area contributed by atoms with Gasteiger partial charge in [-0.2, -0.15) is 22.2 Å². The Kier molecular flexibility index (Phi) is 4.02. The number of hydrogen-bond acceptors (Lipinski definition) is 0. The molecule has 0 amide bonds. The predicted molar refractivity (Wildman–Crippen MR) is 87.1 cm³/mol. The smallest absolute Gasteiger partial charge is 0.169 e. The van der Waals surface area contributed by atoms with Crippen LogP contribution in [0.5, 0.6) is 0 Å². The summed E-state index contributed by atoms with van der Waals surface area (Å²) < 4.78 is 0. The minimum absolute atomic E-state index is 1.21. The quantitative estimate of drug-likeness (QED) is 0.601. The standard InChI is InChI=1S/C14H16Cl2Si2/c1-17(2,15)18(16,13-9-5-3-6-10-13)14-11-7-4-8-12-14/h3-12H,1-2H3. The first-order valence-corrected chi connectivity index (χ1v) is 14.0. The molecule has 18 heavy (non-hydrogen) atoms. The zero-order valence-electron chi connectivity index (χ0n) is 10.5. The van der Waals surface area contributed by atoms with Crippen LogP contribution in [0.4, 0.5) is 0 Å². The van der Waals surface area contributed by atoms with Gasteiger partial charge >= 0.3 is 0 Å². The number of hydrogen-bond donors (Lipinski definition) is 0. The van der Waals surface area contributed by atoms with E-state index in [1.54, 1.807) is 0 Å². The fraction of sp³-hybridized carbons (Fsp3) is 0.143. The highest BCUT2D eigenvalue weighted by Gasteiger charge is 2.50. The van der Waals surface area contributed by atoms with Crippen LogP contribution in [0.3, 0.4) is 0 Å². The summed E-state index contributed by atoms with van der Waals surface area (Å²) in [5.41, 5.74) is 0. The van der Waals surface area contributed by atoms with Crippen molar-refractivity contribution in [3.05, 3.63) is 60.7 Å². The second-order valence-electron chi connectivity index (χ2n) is 4.86. The Morgan fingerprint density at radius 1 is 0.667 bits per heavy atom. The van der Waals surface area contributed by atoms with Crippen LogP contribution in [0.1, 0.15) is 0 Å². The van der Waals surface area contributed by atoms with E-state index in [1.807, 2.05) is 36.4 Å². The predicted octanol–water partition coefficient (Wildman–Crippen LogP) is 3.51. The Balaban J connectivity index is 2.63. The maximum Gasteiger partial charge on any atom is 0.223 e. The zero-order chi connectivity index (χ0) is 13.2. The SMILES string of the molecule is C[Si](C)(Cl)[Si](Cl)(c1ccccc1)c1ccccc1. The molecule has 0 radical (unpaired) electrons. The van der Waals surface area contributed by atoms with Crippen LogP contribution >= 0.6 is 22.2 Å². The molecular weight excluding hydrogens is 295 g/mol. The van der Waals surface area contributed by atoms with Gasteiger partial charge in [0.15, 0.2) is 6.90 Å². The lowest BCUT2D eigenvalue weighted by molar-refractivity contribution is 1.73.